The molecule has 4 heteroatoms. The Morgan fingerprint density at radius 2 is 1.68 bits per heavy atom. The van der Waals surface area contributed by atoms with Gasteiger partial charge in [-0.2, -0.15) is 0 Å². The number of aliphatic hydroxyl groups is 1. The van der Waals surface area contributed by atoms with E-state index in [1.807, 2.05) is 12.1 Å². The molecule has 1 aromatic carbocycles. The lowest BCUT2D eigenvalue weighted by Crippen LogP contribution is -2.34. The minimum Gasteiger partial charge on any atom is -0.497 e. The van der Waals surface area contributed by atoms with E-state index >= 15 is 0 Å². The van der Waals surface area contributed by atoms with Crippen molar-refractivity contribution < 1.29 is 14.6 Å². The molecule has 1 aliphatic rings. The second kappa shape index (κ2) is 5.80. The van der Waals surface area contributed by atoms with Crippen LogP contribution in [0.1, 0.15) is 37.4 Å². The van der Waals surface area contributed by atoms with Crippen LogP contribution in [0.25, 0.3) is 0 Å². The molecule has 0 spiro atoms. The molecule has 0 heterocycles. The molecular weight excluding hydrogens is 242 g/mol. The summed E-state index contributed by atoms with van der Waals surface area (Å²) in [4.78, 5) is 0. The van der Waals surface area contributed by atoms with Crippen LogP contribution in [0.15, 0.2) is 18.2 Å². The molecule has 0 radical (unpaired) electrons. The Morgan fingerprint density at radius 1 is 1.16 bits per heavy atom. The third-order valence-corrected chi connectivity index (χ3v) is 4.28. The van der Waals surface area contributed by atoms with Gasteiger partial charge >= 0.3 is 0 Å². The van der Waals surface area contributed by atoms with Crippen molar-refractivity contribution in [3.8, 4) is 11.5 Å². The fourth-order valence-electron chi connectivity index (χ4n) is 3.01. The van der Waals surface area contributed by atoms with E-state index in [-0.39, 0.29) is 5.41 Å². The van der Waals surface area contributed by atoms with Gasteiger partial charge in [-0.05, 0) is 30.5 Å². The Bertz CT molecular complexity index is 405. The first kappa shape index (κ1) is 14.2. The first-order valence-corrected chi connectivity index (χ1v) is 6.76. The van der Waals surface area contributed by atoms with E-state index in [0.717, 1.165) is 31.2 Å². The first-order chi connectivity index (χ1) is 9.15. The summed E-state index contributed by atoms with van der Waals surface area (Å²) in [6, 6.07) is 5.53. The van der Waals surface area contributed by atoms with E-state index in [4.69, 9.17) is 15.2 Å². The van der Waals surface area contributed by atoms with E-state index in [9.17, 15) is 5.11 Å². The maximum atomic E-state index is 10.7. The van der Waals surface area contributed by atoms with Crippen LogP contribution in [0.3, 0.4) is 0 Å². The van der Waals surface area contributed by atoms with Crippen LogP contribution in [0, 0.1) is 5.41 Å². The van der Waals surface area contributed by atoms with Gasteiger partial charge in [0.25, 0.3) is 0 Å². The summed E-state index contributed by atoms with van der Waals surface area (Å²) in [5.41, 5.74) is 6.55. The third kappa shape index (κ3) is 2.69. The van der Waals surface area contributed by atoms with Gasteiger partial charge in [-0.1, -0.05) is 12.8 Å². The minimum absolute atomic E-state index is 0.197. The highest BCUT2D eigenvalue weighted by Gasteiger charge is 2.40. The molecule has 0 bridgehead atoms. The highest BCUT2D eigenvalue weighted by atomic mass is 16.5. The van der Waals surface area contributed by atoms with Crippen LogP contribution in [0.4, 0.5) is 0 Å². The van der Waals surface area contributed by atoms with Crippen molar-refractivity contribution in [2.24, 2.45) is 11.1 Å². The number of aliphatic hydroxyl groups excluding tert-OH is 1. The predicted octanol–water partition coefficient (Wildman–Crippen LogP) is 2.26. The van der Waals surface area contributed by atoms with Gasteiger partial charge < -0.3 is 20.3 Å². The van der Waals surface area contributed by atoms with Gasteiger partial charge in [0.2, 0.25) is 0 Å². The third-order valence-electron chi connectivity index (χ3n) is 4.28. The minimum atomic E-state index is -0.566. The first-order valence-electron chi connectivity index (χ1n) is 6.76. The van der Waals surface area contributed by atoms with E-state index < -0.39 is 6.10 Å². The van der Waals surface area contributed by atoms with Crippen LogP contribution in [-0.2, 0) is 0 Å². The van der Waals surface area contributed by atoms with Crippen molar-refractivity contribution in [2.45, 2.75) is 31.8 Å². The number of rotatable bonds is 5. The van der Waals surface area contributed by atoms with Crippen LogP contribution in [0.5, 0.6) is 11.5 Å². The fraction of sp³-hybridized carbons (Fsp3) is 0.600. The molecule has 0 aromatic heterocycles. The number of hydrogen-bond acceptors (Lipinski definition) is 4. The van der Waals surface area contributed by atoms with Gasteiger partial charge in [0.05, 0.1) is 20.3 Å². The summed E-state index contributed by atoms with van der Waals surface area (Å²) in [6.07, 6.45) is 3.66. The molecule has 4 nitrogen and oxygen atoms in total. The maximum Gasteiger partial charge on any atom is 0.122 e. The van der Waals surface area contributed by atoms with E-state index in [0.29, 0.717) is 18.0 Å². The summed E-state index contributed by atoms with van der Waals surface area (Å²) < 4.78 is 10.5. The molecule has 0 aliphatic heterocycles. The summed E-state index contributed by atoms with van der Waals surface area (Å²) >= 11 is 0. The Hall–Kier alpha value is -1.26. The second-order valence-electron chi connectivity index (χ2n) is 5.32. The molecule has 1 aliphatic carbocycles. The highest BCUT2D eigenvalue weighted by Crippen LogP contribution is 2.47. The van der Waals surface area contributed by atoms with Crippen LogP contribution < -0.4 is 15.2 Å². The van der Waals surface area contributed by atoms with Gasteiger partial charge in [0.1, 0.15) is 11.5 Å². The Labute approximate surface area is 114 Å². The van der Waals surface area contributed by atoms with Crippen LogP contribution in [0.2, 0.25) is 0 Å². The van der Waals surface area contributed by atoms with Gasteiger partial charge in [0.15, 0.2) is 0 Å². The average molecular weight is 265 g/mol. The molecule has 0 amide bonds. The number of ether oxygens (including phenoxy) is 2. The number of benzene rings is 1. The monoisotopic (exact) mass is 265 g/mol. The zero-order valence-electron chi connectivity index (χ0n) is 11.7. The Kier molecular flexibility index (Phi) is 4.32. The topological polar surface area (TPSA) is 64.7 Å². The Balaban J connectivity index is 2.34. The lowest BCUT2D eigenvalue weighted by Gasteiger charge is -2.33. The van der Waals surface area contributed by atoms with Gasteiger partial charge in [-0.25, -0.2) is 0 Å². The zero-order valence-corrected chi connectivity index (χ0v) is 11.7. The normalized spacial score (nSPS) is 19.2. The fourth-order valence-corrected chi connectivity index (χ4v) is 3.01. The number of nitrogens with two attached hydrogens (primary N) is 1. The second-order valence-corrected chi connectivity index (χ2v) is 5.32. The van der Waals surface area contributed by atoms with Crippen LogP contribution >= 0.6 is 0 Å². The van der Waals surface area contributed by atoms with Crippen molar-refractivity contribution in [2.75, 3.05) is 20.8 Å². The number of hydrogen-bond donors (Lipinski definition) is 2. The summed E-state index contributed by atoms with van der Waals surface area (Å²) in [5, 5.41) is 10.7. The molecule has 0 saturated heterocycles. The molecule has 1 saturated carbocycles. The Morgan fingerprint density at radius 3 is 2.11 bits per heavy atom. The van der Waals surface area contributed by atoms with Gasteiger partial charge in [-0.15, -0.1) is 0 Å². The molecule has 1 atom stereocenters. The SMILES string of the molecule is COc1cc(OC)cc(C(O)C2(CN)CCCC2)c1. The molecular formula is C15H23NO3. The largest absolute Gasteiger partial charge is 0.497 e. The lowest BCUT2D eigenvalue weighted by molar-refractivity contribution is 0.0330. The summed E-state index contributed by atoms with van der Waals surface area (Å²) in [6.45, 7) is 0.508. The van der Waals surface area contributed by atoms with Crippen molar-refractivity contribution in [3.63, 3.8) is 0 Å². The van der Waals surface area contributed by atoms with Gasteiger partial charge in [-0.3, -0.25) is 0 Å². The van der Waals surface area contributed by atoms with Crippen molar-refractivity contribution in [3.05, 3.63) is 23.8 Å². The highest BCUT2D eigenvalue weighted by molar-refractivity contribution is 5.40. The molecule has 106 valence electrons. The molecule has 19 heavy (non-hydrogen) atoms. The molecule has 1 fully saturated rings. The standard InChI is InChI=1S/C15H23NO3/c1-18-12-7-11(8-13(9-12)19-2)14(17)15(10-16)5-3-4-6-15/h7-9,14,17H,3-6,10,16H2,1-2H3. The summed E-state index contributed by atoms with van der Waals surface area (Å²) in [7, 11) is 3.22. The average Bonchev–Trinajstić information content (AvgIpc) is 2.95. The molecule has 1 unspecified atom stereocenters. The van der Waals surface area contributed by atoms with Crippen LogP contribution in [-0.4, -0.2) is 25.9 Å². The van der Waals surface area contributed by atoms with Crippen molar-refractivity contribution in [1.29, 1.82) is 0 Å². The van der Waals surface area contributed by atoms with Crippen molar-refractivity contribution in [1.82, 2.24) is 0 Å². The summed E-state index contributed by atoms with van der Waals surface area (Å²) in [5.74, 6) is 1.39. The maximum absolute atomic E-state index is 10.7. The molecule has 3 N–H and O–H groups in total. The molecule has 2 rings (SSSR count). The smallest absolute Gasteiger partial charge is 0.122 e. The lowest BCUT2D eigenvalue weighted by atomic mass is 9.77. The van der Waals surface area contributed by atoms with Gasteiger partial charge in [0, 0.05) is 18.0 Å². The zero-order chi connectivity index (χ0) is 13.9. The van der Waals surface area contributed by atoms with E-state index in [2.05, 4.69) is 0 Å². The number of methoxy groups -OCH3 is 2. The van der Waals surface area contributed by atoms with Crippen molar-refractivity contribution >= 4 is 0 Å². The molecule has 1 aromatic rings. The predicted molar refractivity (Wildman–Crippen MR) is 74.5 cm³/mol. The quantitative estimate of drug-likeness (QED) is 0.857. The van der Waals surface area contributed by atoms with E-state index in [1.54, 1.807) is 20.3 Å². The van der Waals surface area contributed by atoms with E-state index in [1.165, 1.54) is 0 Å².